The van der Waals surface area contributed by atoms with Crippen LogP contribution in [0, 0.1) is 0 Å². The largest absolute Gasteiger partial charge is 0.507 e. The highest BCUT2D eigenvalue weighted by Gasteiger charge is 2.29. The third-order valence-corrected chi connectivity index (χ3v) is 4.85. The van der Waals surface area contributed by atoms with Crippen LogP contribution in [-0.4, -0.2) is 21.8 Å². The molecule has 2 heterocycles. The summed E-state index contributed by atoms with van der Waals surface area (Å²) in [4.78, 5) is 4.85. The summed E-state index contributed by atoms with van der Waals surface area (Å²) in [7, 11) is 1.59. The Morgan fingerprint density at radius 2 is 1.85 bits per heavy atom. The van der Waals surface area contributed by atoms with E-state index in [-0.39, 0.29) is 11.9 Å². The average Bonchev–Trinajstić information content (AvgIpc) is 3.07. The van der Waals surface area contributed by atoms with Crippen molar-refractivity contribution >= 4 is 16.7 Å². The Balaban J connectivity index is 1.79. The monoisotopic (exact) mass is 343 g/mol. The number of hydrogen-bond donors (Lipinski definition) is 2. The van der Waals surface area contributed by atoms with Gasteiger partial charge in [-0.2, -0.15) is 0 Å². The van der Waals surface area contributed by atoms with Crippen LogP contribution in [0.1, 0.15) is 11.7 Å². The van der Waals surface area contributed by atoms with Crippen LogP contribution in [-0.2, 0) is 0 Å². The van der Waals surface area contributed by atoms with Crippen LogP contribution in [0.15, 0.2) is 66.7 Å². The number of aromatic nitrogens is 2. The van der Waals surface area contributed by atoms with E-state index < -0.39 is 0 Å². The molecule has 0 saturated carbocycles. The number of phenolic OH excluding ortho intramolecular Hbond substituents is 1. The zero-order chi connectivity index (χ0) is 17.7. The number of anilines is 1. The lowest BCUT2D eigenvalue weighted by Gasteiger charge is -2.30. The Hall–Kier alpha value is -3.47. The second-order valence-corrected chi connectivity index (χ2v) is 6.31. The topological polar surface area (TPSA) is 59.3 Å². The Bertz CT molecular complexity index is 1130. The SMILES string of the molecule is COc1ccc([C@@H]2Nc3ccccc3-c3nc4ccccc4n32)c(O)c1. The van der Waals surface area contributed by atoms with Crippen LogP contribution < -0.4 is 10.1 Å². The molecule has 2 N–H and O–H groups in total. The van der Waals surface area contributed by atoms with Crippen molar-refractivity contribution in [1.29, 1.82) is 0 Å². The minimum atomic E-state index is -0.266. The van der Waals surface area contributed by atoms with Gasteiger partial charge in [0.05, 0.1) is 18.1 Å². The first kappa shape index (κ1) is 14.8. The molecule has 5 rings (SSSR count). The number of hydrogen-bond acceptors (Lipinski definition) is 4. The summed E-state index contributed by atoms with van der Waals surface area (Å²) in [6, 6.07) is 21.5. The standard InChI is InChI=1S/C21H17N3O2/c1-26-13-10-11-15(19(25)12-13)21-22-16-7-3-2-6-14(16)20-23-17-8-4-5-9-18(17)24(20)21/h2-12,21-22,25H,1H3/t21-/m1/s1. The van der Waals surface area contributed by atoms with Gasteiger partial charge in [0, 0.05) is 22.9 Å². The molecule has 26 heavy (non-hydrogen) atoms. The van der Waals surface area contributed by atoms with E-state index in [1.54, 1.807) is 13.2 Å². The van der Waals surface area contributed by atoms with Gasteiger partial charge in [-0.05, 0) is 36.4 Å². The number of benzene rings is 3. The van der Waals surface area contributed by atoms with E-state index in [0.717, 1.165) is 33.7 Å². The molecule has 0 spiro atoms. The lowest BCUT2D eigenvalue weighted by molar-refractivity contribution is 0.405. The van der Waals surface area contributed by atoms with Crippen molar-refractivity contribution in [3.8, 4) is 22.9 Å². The molecule has 0 fully saturated rings. The molecule has 0 amide bonds. The van der Waals surface area contributed by atoms with Crippen molar-refractivity contribution in [3.05, 3.63) is 72.3 Å². The molecule has 0 unspecified atom stereocenters. The van der Waals surface area contributed by atoms with E-state index in [1.807, 2.05) is 48.5 Å². The molecule has 1 atom stereocenters. The fourth-order valence-electron chi connectivity index (χ4n) is 3.61. The Labute approximate surface area is 150 Å². The average molecular weight is 343 g/mol. The first-order valence-electron chi connectivity index (χ1n) is 8.46. The second kappa shape index (κ2) is 5.52. The number of rotatable bonds is 2. The van der Waals surface area contributed by atoms with Gasteiger partial charge in [0.25, 0.3) is 0 Å². The van der Waals surface area contributed by atoms with Gasteiger partial charge in [-0.1, -0.05) is 24.3 Å². The molecule has 0 bridgehead atoms. The summed E-state index contributed by atoms with van der Waals surface area (Å²) in [5.74, 6) is 1.70. The lowest BCUT2D eigenvalue weighted by Crippen LogP contribution is -2.24. The number of fused-ring (bicyclic) bond motifs is 5. The number of aromatic hydroxyl groups is 1. The van der Waals surface area contributed by atoms with Gasteiger partial charge in [0.15, 0.2) is 0 Å². The number of nitrogens with zero attached hydrogens (tertiary/aromatic N) is 2. The van der Waals surface area contributed by atoms with Crippen LogP contribution in [0.5, 0.6) is 11.5 Å². The van der Waals surface area contributed by atoms with Gasteiger partial charge in [0.1, 0.15) is 23.5 Å². The van der Waals surface area contributed by atoms with Crippen molar-refractivity contribution in [2.24, 2.45) is 0 Å². The maximum Gasteiger partial charge on any atom is 0.145 e. The third-order valence-electron chi connectivity index (χ3n) is 4.85. The van der Waals surface area contributed by atoms with Crippen LogP contribution in [0.3, 0.4) is 0 Å². The maximum atomic E-state index is 10.6. The summed E-state index contributed by atoms with van der Waals surface area (Å²) in [6.45, 7) is 0. The van der Waals surface area contributed by atoms with Crippen LogP contribution in [0.2, 0.25) is 0 Å². The predicted molar refractivity (Wildman–Crippen MR) is 102 cm³/mol. The molecule has 1 aromatic heterocycles. The quantitative estimate of drug-likeness (QED) is 0.567. The Kier molecular flexibility index (Phi) is 3.15. The highest BCUT2D eigenvalue weighted by Crippen LogP contribution is 2.42. The molecule has 5 heteroatoms. The number of nitrogens with one attached hydrogen (secondary N) is 1. The lowest BCUT2D eigenvalue weighted by atomic mass is 10.0. The van der Waals surface area contributed by atoms with E-state index in [2.05, 4.69) is 22.0 Å². The molecule has 5 nitrogen and oxygen atoms in total. The molecule has 0 aliphatic carbocycles. The van der Waals surface area contributed by atoms with Gasteiger partial charge in [-0.3, -0.25) is 4.57 Å². The molecule has 1 aliphatic heterocycles. The third kappa shape index (κ3) is 2.07. The van der Waals surface area contributed by atoms with Crippen molar-refractivity contribution in [2.45, 2.75) is 6.17 Å². The molecule has 128 valence electrons. The van der Waals surface area contributed by atoms with Crippen molar-refractivity contribution < 1.29 is 9.84 Å². The maximum absolute atomic E-state index is 10.6. The Morgan fingerprint density at radius 3 is 2.69 bits per heavy atom. The summed E-state index contributed by atoms with van der Waals surface area (Å²) in [5, 5.41) is 14.2. The van der Waals surface area contributed by atoms with E-state index in [9.17, 15) is 5.11 Å². The summed E-state index contributed by atoms with van der Waals surface area (Å²) in [6.07, 6.45) is -0.266. The van der Waals surface area contributed by atoms with E-state index in [1.165, 1.54) is 0 Å². The number of phenols is 1. The van der Waals surface area contributed by atoms with Gasteiger partial charge in [0.2, 0.25) is 0 Å². The summed E-state index contributed by atoms with van der Waals surface area (Å²) in [5.41, 5.74) is 4.76. The van der Waals surface area contributed by atoms with Gasteiger partial charge >= 0.3 is 0 Å². The summed E-state index contributed by atoms with van der Waals surface area (Å²) < 4.78 is 7.36. The van der Waals surface area contributed by atoms with Crippen LogP contribution >= 0.6 is 0 Å². The number of ether oxygens (including phenoxy) is 1. The van der Waals surface area contributed by atoms with Crippen molar-refractivity contribution in [1.82, 2.24) is 9.55 Å². The number of methoxy groups -OCH3 is 1. The molecule has 4 aromatic rings. The molecule has 0 radical (unpaired) electrons. The minimum absolute atomic E-state index is 0.185. The minimum Gasteiger partial charge on any atom is -0.507 e. The highest BCUT2D eigenvalue weighted by atomic mass is 16.5. The fraction of sp³-hybridized carbons (Fsp3) is 0.0952. The van der Waals surface area contributed by atoms with Crippen molar-refractivity contribution in [3.63, 3.8) is 0 Å². The fourth-order valence-corrected chi connectivity index (χ4v) is 3.61. The molecule has 1 aliphatic rings. The molecular formula is C21H17N3O2. The van der Waals surface area contributed by atoms with Crippen molar-refractivity contribution in [2.75, 3.05) is 12.4 Å². The Morgan fingerprint density at radius 1 is 1.04 bits per heavy atom. The smallest absolute Gasteiger partial charge is 0.145 e. The van der Waals surface area contributed by atoms with Gasteiger partial charge in [-0.25, -0.2) is 4.98 Å². The normalized spacial score (nSPS) is 15.2. The summed E-state index contributed by atoms with van der Waals surface area (Å²) >= 11 is 0. The number of imidazole rings is 1. The van der Waals surface area contributed by atoms with Crippen LogP contribution in [0.25, 0.3) is 22.4 Å². The molecule has 0 saturated heterocycles. The van der Waals surface area contributed by atoms with E-state index in [4.69, 9.17) is 9.72 Å². The predicted octanol–water partition coefficient (Wildman–Crippen LogP) is 4.39. The van der Waals surface area contributed by atoms with Crippen LogP contribution in [0.4, 0.5) is 5.69 Å². The molecule has 3 aromatic carbocycles. The zero-order valence-electron chi connectivity index (χ0n) is 14.2. The first-order valence-corrected chi connectivity index (χ1v) is 8.46. The van der Waals surface area contributed by atoms with E-state index >= 15 is 0 Å². The van der Waals surface area contributed by atoms with Gasteiger partial charge in [-0.15, -0.1) is 0 Å². The zero-order valence-corrected chi connectivity index (χ0v) is 14.2. The van der Waals surface area contributed by atoms with Gasteiger partial charge < -0.3 is 15.2 Å². The first-order chi connectivity index (χ1) is 12.8. The van der Waals surface area contributed by atoms with E-state index in [0.29, 0.717) is 5.75 Å². The second-order valence-electron chi connectivity index (χ2n) is 6.31. The number of para-hydroxylation sites is 3. The highest BCUT2D eigenvalue weighted by molar-refractivity contribution is 5.86. The molecular weight excluding hydrogens is 326 g/mol.